The Kier molecular flexibility index (Phi) is 5.30. The van der Waals surface area contributed by atoms with Gasteiger partial charge in [0, 0.05) is 0 Å². The second-order valence-corrected chi connectivity index (χ2v) is 5.74. The molecule has 0 saturated heterocycles. The van der Waals surface area contributed by atoms with Gasteiger partial charge in [-0.15, -0.1) is 0 Å². The SMILES string of the molecule is O=C(O)c1cc(-c2c(F)c(F)c(F)c(F)c2F)ccc1OCc1ccccc1. The predicted molar refractivity (Wildman–Crippen MR) is 89.4 cm³/mol. The number of rotatable bonds is 5. The first kappa shape index (κ1) is 19.3. The number of aromatic carboxylic acids is 1. The van der Waals surface area contributed by atoms with Crippen LogP contribution in [0.25, 0.3) is 11.1 Å². The first-order chi connectivity index (χ1) is 13.3. The summed E-state index contributed by atoms with van der Waals surface area (Å²) >= 11 is 0. The highest BCUT2D eigenvalue weighted by atomic mass is 19.2. The molecule has 0 unspecified atom stereocenters. The summed E-state index contributed by atoms with van der Waals surface area (Å²) in [5, 5.41) is 9.35. The lowest BCUT2D eigenvalue weighted by atomic mass is 10.0. The van der Waals surface area contributed by atoms with E-state index in [-0.39, 0.29) is 12.4 Å². The van der Waals surface area contributed by atoms with Crippen LogP contribution in [0.4, 0.5) is 22.0 Å². The van der Waals surface area contributed by atoms with Gasteiger partial charge >= 0.3 is 5.97 Å². The molecule has 0 bridgehead atoms. The van der Waals surface area contributed by atoms with Gasteiger partial charge in [0.15, 0.2) is 23.3 Å². The van der Waals surface area contributed by atoms with E-state index in [2.05, 4.69) is 0 Å². The number of ether oxygens (including phenoxy) is 1. The maximum Gasteiger partial charge on any atom is 0.339 e. The second kappa shape index (κ2) is 7.67. The maximum atomic E-state index is 14.0. The molecule has 0 aliphatic carbocycles. The quantitative estimate of drug-likeness (QED) is 0.362. The number of hydrogen-bond acceptors (Lipinski definition) is 2. The van der Waals surface area contributed by atoms with E-state index >= 15 is 0 Å². The molecule has 0 saturated carbocycles. The van der Waals surface area contributed by atoms with Crippen LogP contribution in [0.5, 0.6) is 5.75 Å². The first-order valence-electron chi connectivity index (χ1n) is 7.87. The van der Waals surface area contributed by atoms with Gasteiger partial charge < -0.3 is 9.84 Å². The molecule has 0 spiro atoms. The molecule has 0 aliphatic rings. The summed E-state index contributed by atoms with van der Waals surface area (Å²) < 4.78 is 73.5. The zero-order valence-electron chi connectivity index (χ0n) is 14.0. The molecule has 144 valence electrons. The van der Waals surface area contributed by atoms with Crippen molar-refractivity contribution in [1.82, 2.24) is 0 Å². The van der Waals surface area contributed by atoms with Crippen molar-refractivity contribution in [3.63, 3.8) is 0 Å². The fourth-order valence-corrected chi connectivity index (χ4v) is 2.57. The van der Waals surface area contributed by atoms with Crippen molar-refractivity contribution in [1.29, 1.82) is 0 Å². The number of hydrogen-bond donors (Lipinski definition) is 1. The van der Waals surface area contributed by atoms with Crippen molar-refractivity contribution in [3.05, 3.63) is 88.7 Å². The lowest BCUT2D eigenvalue weighted by molar-refractivity contribution is 0.0691. The molecule has 3 rings (SSSR count). The van der Waals surface area contributed by atoms with E-state index in [9.17, 15) is 31.9 Å². The highest BCUT2D eigenvalue weighted by Gasteiger charge is 2.27. The van der Waals surface area contributed by atoms with E-state index < -0.39 is 51.7 Å². The zero-order valence-corrected chi connectivity index (χ0v) is 14.0. The van der Waals surface area contributed by atoms with Crippen LogP contribution >= 0.6 is 0 Å². The molecule has 0 atom stereocenters. The van der Waals surface area contributed by atoms with Gasteiger partial charge in [-0.05, 0) is 23.3 Å². The number of carboxylic acid groups (broad SMARTS) is 1. The third kappa shape index (κ3) is 3.53. The van der Waals surface area contributed by atoms with Gasteiger partial charge in [-0.1, -0.05) is 36.4 Å². The average Bonchev–Trinajstić information content (AvgIpc) is 2.70. The second-order valence-electron chi connectivity index (χ2n) is 5.74. The zero-order chi connectivity index (χ0) is 20.4. The summed E-state index contributed by atoms with van der Waals surface area (Å²) in [5.41, 5.74) is -1.45. The van der Waals surface area contributed by atoms with Crippen LogP contribution in [0.3, 0.4) is 0 Å². The Balaban J connectivity index is 2.04. The van der Waals surface area contributed by atoms with Gasteiger partial charge in [0.1, 0.15) is 17.9 Å². The van der Waals surface area contributed by atoms with E-state index in [1.165, 1.54) is 0 Å². The molecule has 1 N–H and O–H groups in total. The Morgan fingerprint density at radius 3 is 1.96 bits per heavy atom. The molecule has 0 heterocycles. The molecule has 3 aromatic carbocycles. The fourth-order valence-electron chi connectivity index (χ4n) is 2.57. The molecule has 0 aliphatic heterocycles. The lowest BCUT2D eigenvalue weighted by Crippen LogP contribution is -2.06. The van der Waals surface area contributed by atoms with Crippen molar-refractivity contribution in [3.8, 4) is 16.9 Å². The van der Waals surface area contributed by atoms with Crippen molar-refractivity contribution in [2.45, 2.75) is 6.61 Å². The minimum atomic E-state index is -2.29. The highest BCUT2D eigenvalue weighted by molar-refractivity contribution is 5.92. The third-order valence-electron chi connectivity index (χ3n) is 3.95. The molecule has 0 amide bonds. The van der Waals surface area contributed by atoms with Gasteiger partial charge in [-0.3, -0.25) is 0 Å². The lowest BCUT2D eigenvalue weighted by Gasteiger charge is -2.13. The Bertz CT molecular complexity index is 1020. The molecule has 3 nitrogen and oxygen atoms in total. The van der Waals surface area contributed by atoms with Gasteiger partial charge in [-0.2, -0.15) is 0 Å². The van der Waals surface area contributed by atoms with Crippen molar-refractivity contribution >= 4 is 5.97 Å². The van der Waals surface area contributed by atoms with E-state index in [0.717, 1.165) is 23.8 Å². The van der Waals surface area contributed by atoms with Crippen LogP contribution in [0.15, 0.2) is 48.5 Å². The predicted octanol–water partition coefficient (Wildman–Crippen LogP) is 5.33. The van der Waals surface area contributed by atoms with E-state index in [4.69, 9.17) is 4.74 Å². The molecule has 0 aromatic heterocycles. The summed E-state index contributed by atoms with van der Waals surface area (Å²) in [4.78, 5) is 11.5. The smallest absolute Gasteiger partial charge is 0.339 e. The Morgan fingerprint density at radius 1 is 0.821 bits per heavy atom. The van der Waals surface area contributed by atoms with E-state index in [0.29, 0.717) is 0 Å². The van der Waals surface area contributed by atoms with Crippen LogP contribution in [0.2, 0.25) is 0 Å². The van der Waals surface area contributed by atoms with Crippen molar-refractivity contribution in [2.24, 2.45) is 0 Å². The Hall–Kier alpha value is -3.42. The van der Waals surface area contributed by atoms with Crippen molar-refractivity contribution < 1.29 is 36.6 Å². The summed E-state index contributed by atoms with van der Waals surface area (Å²) in [6.45, 7) is 0.0169. The number of carbonyl (C=O) groups is 1. The molecule has 0 fully saturated rings. The first-order valence-corrected chi connectivity index (χ1v) is 7.87. The highest BCUT2D eigenvalue weighted by Crippen LogP contribution is 2.34. The summed E-state index contributed by atoms with van der Waals surface area (Å²) in [6.07, 6.45) is 0. The molecule has 28 heavy (non-hydrogen) atoms. The fraction of sp³-hybridized carbons (Fsp3) is 0.0500. The average molecular weight is 394 g/mol. The van der Waals surface area contributed by atoms with E-state index in [1.54, 1.807) is 30.3 Å². The molecule has 0 radical (unpaired) electrons. The summed E-state index contributed by atoms with van der Waals surface area (Å²) in [5.74, 6) is -12.2. The molecule has 8 heteroatoms. The molecule has 3 aromatic rings. The Morgan fingerprint density at radius 2 is 1.39 bits per heavy atom. The number of benzene rings is 3. The maximum absolute atomic E-state index is 14.0. The van der Waals surface area contributed by atoms with Crippen molar-refractivity contribution in [2.75, 3.05) is 0 Å². The minimum Gasteiger partial charge on any atom is -0.488 e. The molecular formula is C20H11F5O3. The van der Waals surface area contributed by atoms with Crippen LogP contribution in [-0.4, -0.2) is 11.1 Å². The van der Waals surface area contributed by atoms with Crippen LogP contribution in [-0.2, 0) is 6.61 Å². The summed E-state index contributed by atoms with van der Waals surface area (Å²) in [7, 11) is 0. The van der Waals surface area contributed by atoms with Crippen LogP contribution in [0.1, 0.15) is 15.9 Å². The standard InChI is InChI=1S/C20H11F5O3/c21-15-14(16(22)18(24)19(25)17(15)23)11-6-7-13(12(8-11)20(26)27)28-9-10-4-2-1-3-5-10/h1-8H,9H2,(H,26,27). The molecular weight excluding hydrogens is 383 g/mol. The summed E-state index contributed by atoms with van der Waals surface area (Å²) in [6, 6.07) is 11.7. The van der Waals surface area contributed by atoms with Gasteiger partial charge in [0.05, 0.1) is 5.56 Å². The van der Waals surface area contributed by atoms with Gasteiger partial charge in [0.25, 0.3) is 0 Å². The largest absolute Gasteiger partial charge is 0.488 e. The minimum absolute atomic E-state index is 0.0169. The van der Waals surface area contributed by atoms with Gasteiger partial charge in [-0.25, -0.2) is 26.7 Å². The monoisotopic (exact) mass is 394 g/mol. The van der Waals surface area contributed by atoms with Crippen LogP contribution in [0, 0.1) is 29.1 Å². The normalized spacial score (nSPS) is 10.8. The third-order valence-corrected chi connectivity index (χ3v) is 3.95. The van der Waals surface area contributed by atoms with Crippen LogP contribution < -0.4 is 4.74 Å². The Labute approximate surface area is 155 Å². The number of carboxylic acids is 1. The van der Waals surface area contributed by atoms with Gasteiger partial charge in [0.2, 0.25) is 5.82 Å². The number of halogens is 5. The van der Waals surface area contributed by atoms with E-state index in [1.807, 2.05) is 0 Å². The topological polar surface area (TPSA) is 46.5 Å².